The van der Waals surface area contributed by atoms with Crippen LogP contribution in [-0.2, 0) is 16.1 Å². The molecule has 0 saturated heterocycles. The molecule has 0 saturated carbocycles. The predicted molar refractivity (Wildman–Crippen MR) is 126 cm³/mol. The molecule has 0 fully saturated rings. The van der Waals surface area contributed by atoms with Gasteiger partial charge in [-0.1, -0.05) is 35.9 Å². The van der Waals surface area contributed by atoms with Gasteiger partial charge in [0.25, 0.3) is 5.56 Å². The highest BCUT2D eigenvalue weighted by Gasteiger charge is 2.18. The van der Waals surface area contributed by atoms with Gasteiger partial charge in [-0.05, 0) is 43.3 Å². The zero-order chi connectivity index (χ0) is 23.5. The maximum absolute atomic E-state index is 14.0. The minimum Gasteiger partial charge on any atom is -0.326 e. The highest BCUT2D eigenvalue weighted by atomic mass is 19.1. The van der Waals surface area contributed by atoms with E-state index in [4.69, 9.17) is 0 Å². The quantitative estimate of drug-likeness (QED) is 0.485. The Kier molecular flexibility index (Phi) is 5.99. The van der Waals surface area contributed by atoms with E-state index in [1.165, 1.54) is 29.7 Å². The molecule has 166 valence electrons. The first-order valence-corrected chi connectivity index (χ1v) is 10.3. The Morgan fingerprint density at radius 1 is 0.970 bits per heavy atom. The lowest BCUT2D eigenvalue weighted by molar-refractivity contribution is -0.117. The number of amides is 2. The van der Waals surface area contributed by atoms with Gasteiger partial charge < -0.3 is 10.6 Å². The number of fused-ring (bicyclic) bond motifs is 1. The third-order valence-corrected chi connectivity index (χ3v) is 5.04. The number of nitrogens with zero attached hydrogens (tertiary/aromatic N) is 2. The summed E-state index contributed by atoms with van der Waals surface area (Å²) in [7, 11) is 0. The van der Waals surface area contributed by atoms with Gasteiger partial charge >= 0.3 is 0 Å². The number of anilines is 2. The second kappa shape index (κ2) is 9.04. The lowest BCUT2D eigenvalue weighted by Crippen LogP contribution is -2.30. The Hall–Kier alpha value is -4.33. The molecule has 0 aliphatic rings. The maximum atomic E-state index is 14.0. The number of hydrogen-bond acceptors (Lipinski definition) is 4. The number of hydrogen-bond donors (Lipinski definition) is 2. The first kappa shape index (κ1) is 21.9. The van der Waals surface area contributed by atoms with Crippen molar-refractivity contribution in [3.05, 3.63) is 88.5 Å². The van der Waals surface area contributed by atoms with Crippen molar-refractivity contribution in [2.75, 3.05) is 10.6 Å². The molecule has 8 heteroatoms. The fourth-order valence-corrected chi connectivity index (χ4v) is 3.57. The molecule has 0 unspecified atom stereocenters. The van der Waals surface area contributed by atoms with E-state index in [2.05, 4.69) is 15.6 Å². The molecule has 2 N–H and O–H groups in total. The average Bonchev–Trinajstić information content (AvgIpc) is 2.78. The summed E-state index contributed by atoms with van der Waals surface area (Å²) in [6, 6.07) is 18.0. The molecular weight excluding hydrogens is 423 g/mol. The molecule has 33 heavy (non-hydrogen) atoms. The highest BCUT2D eigenvalue weighted by molar-refractivity contribution is 5.95. The molecule has 0 spiro atoms. The number of carbonyl (C=O) groups is 2. The van der Waals surface area contributed by atoms with E-state index in [1.54, 1.807) is 42.5 Å². The monoisotopic (exact) mass is 444 g/mol. The third-order valence-electron chi connectivity index (χ3n) is 5.04. The minimum absolute atomic E-state index is 0.0285. The molecule has 2 amide bonds. The smallest absolute Gasteiger partial charge is 0.278 e. The van der Waals surface area contributed by atoms with Crippen LogP contribution in [0.2, 0.25) is 0 Å². The average molecular weight is 444 g/mol. The number of aromatic nitrogens is 2. The largest absolute Gasteiger partial charge is 0.326 e. The van der Waals surface area contributed by atoms with Crippen molar-refractivity contribution in [3.63, 3.8) is 0 Å². The van der Waals surface area contributed by atoms with Gasteiger partial charge in [0.05, 0.1) is 22.4 Å². The lowest BCUT2D eigenvalue weighted by Gasteiger charge is -2.15. The van der Waals surface area contributed by atoms with E-state index in [0.29, 0.717) is 22.3 Å². The van der Waals surface area contributed by atoms with Crippen molar-refractivity contribution in [3.8, 4) is 11.3 Å². The van der Waals surface area contributed by atoms with Gasteiger partial charge in [-0.25, -0.2) is 9.37 Å². The summed E-state index contributed by atoms with van der Waals surface area (Å²) in [6.07, 6.45) is 0. The zero-order valence-corrected chi connectivity index (χ0v) is 18.1. The highest BCUT2D eigenvalue weighted by Crippen LogP contribution is 2.27. The van der Waals surface area contributed by atoms with Crippen LogP contribution in [0.25, 0.3) is 22.3 Å². The Labute approximate surface area is 188 Å². The van der Waals surface area contributed by atoms with E-state index in [0.717, 1.165) is 5.56 Å². The molecule has 1 aromatic heterocycles. The number of nitrogens with one attached hydrogen (secondary N) is 2. The Bertz CT molecular complexity index is 1450. The van der Waals surface area contributed by atoms with Crippen LogP contribution in [0.1, 0.15) is 12.5 Å². The maximum Gasteiger partial charge on any atom is 0.278 e. The number of aryl methyl sites for hydroxylation is 1. The van der Waals surface area contributed by atoms with Gasteiger partial charge in [0.1, 0.15) is 18.1 Å². The Morgan fingerprint density at radius 2 is 1.70 bits per heavy atom. The summed E-state index contributed by atoms with van der Waals surface area (Å²) < 4.78 is 15.3. The first-order valence-electron chi connectivity index (χ1n) is 10.3. The number of rotatable bonds is 5. The molecule has 1 heterocycles. The van der Waals surface area contributed by atoms with E-state index >= 15 is 0 Å². The molecule has 7 nitrogen and oxygen atoms in total. The van der Waals surface area contributed by atoms with Crippen molar-refractivity contribution in [1.82, 2.24) is 9.55 Å². The number of benzene rings is 3. The molecule has 0 aliphatic carbocycles. The molecule has 0 aliphatic heterocycles. The summed E-state index contributed by atoms with van der Waals surface area (Å²) in [5.41, 5.74) is 2.34. The van der Waals surface area contributed by atoms with Crippen LogP contribution in [0.4, 0.5) is 15.8 Å². The van der Waals surface area contributed by atoms with Crippen LogP contribution < -0.4 is 16.2 Å². The van der Waals surface area contributed by atoms with Crippen LogP contribution >= 0.6 is 0 Å². The lowest BCUT2D eigenvalue weighted by atomic mass is 10.1. The Morgan fingerprint density at radius 3 is 2.45 bits per heavy atom. The van der Waals surface area contributed by atoms with Crippen molar-refractivity contribution >= 4 is 34.2 Å². The summed E-state index contributed by atoms with van der Waals surface area (Å²) in [5.74, 6) is -1.42. The molecule has 3 aromatic carbocycles. The fraction of sp³-hybridized carbons (Fsp3) is 0.120. The molecule has 4 aromatic rings. The number of halogens is 1. The summed E-state index contributed by atoms with van der Waals surface area (Å²) in [5, 5.41) is 5.23. The van der Waals surface area contributed by atoms with Crippen LogP contribution in [0.15, 0.2) is 71.5 Å². The minimum atomic E-state index is -0.571. The standard InChI is InChI=1S/C25H21FN4O3/c1-15-11-12-19(27-16(2)31)17(13-15)24-25(33)30(22-10-6-5-9-21(22)29-24)14-23(32)28-20-8-4-3-7-18(20)26/h3-13H,14H2,1-2H3,(H,27,31)(H,28,32). The van der Waals surface area contributed by atoms with E-state index in [-0.39, 0.29) is 23.8 Å². The van der Waals surface area contributed by atoms with Gasteiger partial charge in [-0.3, -0.25) is 19.0 Å². The molecule has 0 bridgehead atoms. The Balaban J connectivity index is 1.84. The van der Waals surface area contributed by atoms with Crippen LogP contribution in [0.5, 0.6) is 0 Å². The van der Waals surface area contributed by atoms with Crippen molar-refractivity contribution in [1.29, 1.82) is 0 Å². The summed E-state index contributed by atoms with van der Waals surface area (Å²) >= 11 is 0. The fourth-order valence-electron chi connectivity index (χ4n) is 3.57. The van der Waals surface area contributed by atoms with Crippen molar-refractivity contribution in [2.45, 2.75) is 20.4 Å². The van der Waals surface area contributed by atoms with Gasteiger partial charge in [-0.2, -0.15) is 0 Å². The van der Waals surface area contributed by atoms with Gasteiger partial charge in [0.2, 0.25) is 11.8 Å². The predicted octanol–water partition coefficient (Wildman–Crippen LogP) is 4.11. The molecule has 0 radical (unpaired) electrons. The van der Waals surface area contributed by atoms with E-state index < -0.39 is 17.3 Å². The van der Waals surface area contributed by atoms with E-state index in [9.17, 15) is 18.8 Å². The zero-order valence-electron chi connectivity index (χ0n) is 18.1. The topological polar surface area (TPSA) is 93.1 Å². The third kappa shape index (κ3) is 4.64. The number of carbonyl (C=O) groups excluding carboxylic acids is 2. The molecular formula is C25H21FN4O3. The van der Waals surface area contributed by atoms with E-state index in [1.807, 2.05) is 13.0 Å². The second-order valence-corrected chi connectivity index (χ2v) is 7.60. The van der Waals surface area contributed by atoms with Crippen LogP contribution in [0, 0.1) is 12.7 Å². The second-order valence-electron chi connectivity index (χ2n) is 7.60. The number of para-hydroxylation sites is 3. The van der Waals surface area contributed by atoms with Crippen LogP contribution in [-0.4, -0.2) is 21.4 Å². The van der Waals surface area contributed by atoms with Crippen molar-refractivity contribution in [2.24, 2.45) is 0 Å². The SMILES string of the molecule is CC(=O)Nc1ccc(C)cc1-c1nc2ccccc2n(CC(=O)Nc2ccccc2F)c1=O. The van der Waals surface area contributed by atoms with Crippen molar-refractivity contribution < 1.29 is 14.0 Å². The first-order chi connectivity index (χ1) is 15.8. The molecule has 4 rings (SSSR count). The normalized spacial score (nSPS) is 10.8. The van der Waals surface area contributed by atoms with Gasteiger partial charge in [-0.15, -0.1) is 0 Å². The summed E-state index contributed by atoms with van der Waals surface area (Å²) in [6.45, 7) is 2.90. The molecule has 0 atom stereocenters. The van der Waals surface area contributed by atoms with Crippen LogP contribution in [0.3, 0.4) is 0 Å². The van der Waals surface area contributed by atoms with Gasteiger partial charge in [0.15, 0.2) is 0 Å². The summed E-state index contributed by atoms with van der Waals surface area (Å²) in [4.78, 5) is 42.5. The van der Waals surface area contributed by atoms with Gasteiger partial charge in [0, 0.05) is 12.5 Å².